The molecule has 0 aliphatic carbocycles. The van der Waals surface area contributed by atoms with Crippen LogP contribution in [0.2, 0.25) is 0 Å². The Hall–Kier alpha value is -3.71. The van der Waals surface area contributed by atoms with Crippen LogP contribution in [0.4, 0.5) is 0 Å². The van der Waals surface area contributed by atoms with E-state index in [4.69, 9.17) is 9.47 Å². The molecule has 3 aromatic rings. The zero-order valence-electron chi connectivity index (χ0n) is 19.1. The van der Waals surface area contributed by atoms with Crippen molar-refractivity contribution < 1.29 is 24.2 Å². The summed E-state index contributed by atoms with van der Waals surface area (Å²) >= 11 is 1.65. The Morgan fingerprint density at radius 3 is 2.18 bits per heavy atom. The third kappa shape index (κ3) is 4.52. The number of amides is 1. The topological polar surface area (TPSA) is 76.1 Å². The molecule has 34 heavy (non-hydrogen) atoms. The fourth-order valence-electron chi connectivity index (χ4n) is 4.08. The highest BCUT2D eigenvalue weighted by molar-refractivity contribution is 7.98. The van der Waals surface area contributed by atoms with E-state index in [2.05, 4.69) is 0 Å². The molecule has 4 rings (SSSR count). The van der Waals surface area contributed by atoms with Crippen molar-refractivity contribution in [1.29, 1.82) is 0 Å². The number of hydrogen-bond donors (Lipinski definition) is 1. The van der Waals surface area contributed by atoms with Gasteiger partial charge in [0.05, 0.1) is 25.8 Å². The van der Waals surface area contributed by atoms with Gasteiger partial charge in [-0.05, 0) is 59.3 Å². The fraction of sp³-hybridized carbons (Fsp3) is 0.185. The summed E-state index contributed by atoms with van der Waals surface area (Å²) in [6, 6.07) is 21.6. The number of thioether (sulfide) groups is 1. The van der Waals surface area contributed by atoms with E-state index >= 15 is 0 Å². The van der Waals surface area contributed by atoms with Gasteiger partial charge in [0.25, 0.3) is 5.91 Å². The molecule has 6 nitrogen and oxygen atoms in total. The Kier molecular flexibility index (Phi) is 6.93. The number of ether oxygens (including phenoxy) is 2. The molecule has 0 radical (unpaired) electrons. The molecule has 0 spiro atoms. The van der Waals surface area contributed by atoms with Crippen molar-refractivity contribution in [3.63, 3.8) is 0 Å². The number of aliphatic hydroxyl groups is 1. The molecule has 1 N–H and O–H groups in total. The lowest BCUT2D eigenvalue weighted by Gasteiger charge is -2.28. The minimum Gasteiger partial charge on any atom is -0.503 e. The number of hydrogen-bond acceptors (Lipinski definition) is 6. The first-order chi connectivity index (χ1) is 16.5. The molecule has 1 atom stereocenters. The molecule has 1 heterocycles. The van der Waals surface area contributed by atoms with E-state index in [0.29, 0.717) is 29.0 Å². The maximum atomic E-state index is 13.3. The highest BCUT2D eigenvalue weighted by Gasteiger charge is 2.41. The lowest BCUT2D eigenvalue weighted by molar-refractivity contribution is -0.130. The average Bonchev–Trinajstić information content (AvgIpc) is 3.13. The number of esters is 1. The first-order valence-electron chi connectivity index (χ1n) is 10.7. The van der Waals surface area contributed by atoms with Gasteiger partial charge in [0, 0.05) is 17.0 Å². The smallest absolute Gasteiger partial charge is 0.337 e. The first-order valence-corrected chi connectivity index (χ1v) is 11.9. The monoisotopic (exact) mass is 475 g/mol. The van der Waals surface area contributed by atoms with Gasteiger partial charge in [-0.3, -0.25) is 4.79 Å². The number of aliphatic hydroxyl groups excluding tert-OH is 1. The van der Waals surface area contributed by atoms with Crippen molar-refractivity contribution in [2.45, 2.75) is 17.5 Å². The second kappa shape index (κ2) is 10.1. The Labute approximate surface area is 202 Å². The number of nitrogens with zero attached hydrogens (tertiary/aromatic N) is 1. The van der Waals surface area contributed by atoms with Crippen LogP contribution in [0.5, 0.6) is 5.75 Å². The third-order valence-electron chi connectivity index (χ3n) is 5.86. The van der Waals surface area contributed by atoms with Gasteiger partial charge in [0.2, 0.25) is 0 Å². The van der Waals surface area contributed by atoms with E-state index in [0.717, 1.165) is 16.0 Å². The standard InChI is InChI=1S/C27H25NO5S/c1-32-21-12-10-18(11-13-21)23-24(19-6-8-20(9-7-19)27(31)33-2)28(26(30)25(23)29)16-17-4-14-22(34-3)15-5-17/h4-15,24,29H,16H2,1-3H3. The maximum absolute atomic E-state index is 13.3. The summed E-state index contributed by atoms with van der Waals surface area (Å²) in [6.07, 6.45) is 2.01. The number of rotatable bonds is 7. The Bertz CT molecular complexity index is 1220. The zero-order valence-corrected chi connectivity index (χ0v) is 20.0. The summed E-state index contributed by atoms with van der Waals surface area (Å²) in [4.78, 5) is 27.9. The maximum Gasteiger partial charge on any atom is 0.337 e. The van der Waals surface area contributed by atoms with E-state index in [9.17, 15) is 14.7 Å². The van der Waals surface area contributed by atoms with Gasteiger partial charge in [-0.2, -0.15) is 0 Å². The molecule has 0 aromatic heterocycles. The van der Waals surface area contributed by atoms with Crippen molar-refractivity contribution in [3.05, 3.63) is 101 Å². The van der Waals surface area contributed by atoms with Crippen LogP contribution in [-0.2, 0) is 16.1 Å². The summed E-state index contributed by atoms with van der Waals surface area (Å²) in [7, 11) is 2.92. The van der Waals surface area contributed by atoms with Crippen molar-refractivity contribution in [3.8, 4) is 5.75 Å². The predicted molar refractivity (Wildman–Crippen MR) is 132 cm³/mol. The number of methoxy groups -OCH3 is 2. The van der Waals surface area contributed by atoms with Gasteiger partial charge in [0.1, 0.15) is 5.75 Å². The lowest BCUT2D eigenvalue weighted by Crippen LogP contribution is -2.29. The molecule has 1 aliphatic heterocycles. The van der Waals surface area contributed by atoms with Crippen molar-refractivity contribution in [2.24, 2.45) is 0 Å². The van der Waals surface area contributed by atoms with Crippen LogP contribution >= 0.6 is 11.8 Å². The van der Waals surface area contributed by atoms with Crippen molar-refractivity contribution in [1.82, 2.24) is 4.90 Å². The Morgan fingerprint density at radius 2 is 1.62 bits per heavy atom. The molecule has 0 fully saturated rings. The minimum atomic E-state index is -0.534. The normalized spacial score (nSPS) is 15.6. The SMILES string of the molecule is COC(=O)c1ccc(C2C(c3ccc(OC)cc3)=C(O)C(=O)N2Cc2ccc(SC)cc2)cc1. The highest BCUT2D eigenvalue weighted by atomic mass is 32.2. The van der Waals surface area contributed by atoms with Gasteiger partial charge in [0.15, 0.2) is 5.76 Å². The molecule has 0 saturated carbocycles. The van der Waals surface area contributed by atoms with E-state index < -0.39 is 17.9 Å². The van der Waals surface area contributed by atoms with Gasteiger partial charge < -0.3 is 19.5 Å². The average molecular weight is 476 g/mol. The number of carbonyl (C=O) groups excluding carboxylic acids is 2. The molecule has 1 amide bonds. The molecule has 0 bridgehead atoms. The second-order valence-electron chi connectivity index (χ2n) is 7.79. The van der Waals surface area contributed by atoms with Crippen molar-refractivity contribution in [2.75, 3.05) is 20.5 Å². The van der Waals surface area contributed by atoms with Crippen LogP contribution < -0.4 is 4.74 Å². The molecular formula is C27H25NO5S. The summed E-state index contributed by atoms with van der Waals surface area (Å²) in [5.74, 6) is -0.485. The first kappa shape index (κ1) is 23.4. The summed E-state index contributed by atoms with van der Waals surface area (Å²) in [6.45, 7) is 0.320. The molecular weight excluding hydrogens is 450 g/mol. The quantitative estimate of drug-likeness (QED) is 0.371. The van der Waals surface area contributed by atoms with Gasteiger partial charge in [-0.25, -0.2) is 4.79 Å². The second-order valence-corrected chi connectivity index (χ2v) is 8.67. The predicted octanol–water partition coefficient (Wildman–Crippen LogP) is 5.26. The van der Waals surface area contributed by atoms with Gasteiger partial charge in [-0.15, -0.1) is 11.8 Å². The molecule has 174 valence electrons. The largest absolute Gasteiger partial charge is 0.503 e. The van der Waals surface area contributed by atoms with E-state index in [1.807, 2.05) is 42.7 Å². The van der Waals surface area contributed by atoms with Crippen LogP contribution in [0, 0.1) is 0 Å². The van der Waals surface area contributed by atoms with Crippen LogP contribution in [-0.4, -0.2) is 42.4 Å². The molecule has 1 aliphatic rings. The molecule has 3 aromatic carbocycles. The third-order valence-corrected chi connectivity index (χ3v) is 6.61. The number of carbonyl (C=O) groups is 2. The van der Waals surface area contributed by atoms with Crippen LogP contribution in [0.15, 0.2) is 83.5 Å². The van der Waals surface area contributed by atoms with Crippen LogP contribution in [0.25, 0.3) is 5.57 Å². The van der Waals surface area contributed by atoms with Crippen LogP contribution in [0.3, 0.4) is 0 Å². The molecule has 0 saturated heterocycles. The van der Waals surface area contributed by atoms with E-state index in [1.54, 1.807) is 60.2 Å². The van der Waals surface area contributed by atoms with E-state index in [1.165, 1.54) is 7.11 Å². The summed E-state index contributed by atoms with van der Waals surface area (Å²) in [5.41, 5.74) is 3.37. The van der Waals surface area contributed by atoms with E-state index in [-0.39, 0.29) is 5.76 Å². The Balaban J connectivity index is 1.76. The molecule has 7 heteroatoms. The Morgan fingerprint density at radius 1 is 0.971 bits per heavy atom. The summed E-state index contributed by atoms with van der Waals surface area (Å²) in [5, 5.41) is 11.0. The lowest BCUT2D eigenvalue weighted by atomic mass is 9.92. The number of benzene rings is 3. The fourth-order valence-corrected chi connectivity index (χ4v) is 4.48. The molecule has 1 unspecified atom stereocenters. The minimum absolute atomic E-state index is 0.284. The van der Waals surface area contributed by atoms with Crippen molar-refractivity contribution >= 4 is 29.2 Å². The zero-order chi connectivity index (χ0) is 24.2. The van der Waals surface area contributed by atoms with Crippen LogP contribution in [0.1, 0.15) is 33.1 Å². The summed E-state index contributed by atoms with van der Waals surface area (Å²) < 4.78 is 10.1. The highest BCUT2D eigenvalue weighted by Crippen LogP contribution is 2.44. The van der Waals surface area contributed by atoms with Gasteiger partial charge in [-0.1, -0.05) is 36.4 Å². The van der Waals surface area contributed by atoms with Gasteiger partial charge >= 0.3 is 5.97 Å².